The minimum absolute atomic E-state index is 0.699. The maximum absolute atomic E-state index is 10.7. The van der Waals surface area contributed by atoms with Crippen LogP contribution in [0.2, 0.25) is 0 Å². The third-order valence-electron chi connectivity index (χ3n) is 4.91. The van der Waals surface area contributed by atoms with Crippen LogP contribution in [-0.4, -0.2) is 79.6 Å². The SMILES string of the molecule is O=S(=O)(O)C(F)(F)F.O=S(=O)(O)C(F)(F)F.c1ccc2sc(Oc3ccc(CCN4CCNCC4)cc3)nc2c1. The number of thiazole rings is 1. The van der Waals surface area contributed by atoms with Gasteiger partial charge in [-0.05, 0) is 36.2 Å². The maximum Gasteiger partial charge on any atom is 0.522 e. The van der Waals surface area contributed by atoms with Gasteiger partial charge in [0.2, 0.25) is 0 Å². The van der Waals surface area contributed by atoms with E-state index in [1.807, 2.05) is 30.3 Å². The molecule has 0 atom stereocenters. The predicted molar refractivity (Wildman–Crippen MR) is 134 cm³/mol. The second kappa shape index (κ2) is 13.9. The van der Waals surface area contributed by atoms with Gasteiger partial charge in [0.15, 0.2) is 0 Å². The molecule has 1 aliphatic rings. The molecule has 1 saturated heterocycles. The number of hydrogen-bond donors (Lipinski definition) is 3. The number of fused-ring (bicyclic) bond motifs is 1. The monoisotopic (exact) mass is 639 g/mol. The van der Waals surface area contributed by atoms with Crippen LogP contribution < -0.4 is 10.1 Å². The van der Waals surface area contributed by atoms with E-state index < -0.39 is 31.3 Å². The summed E-state index contributed by atoms with van der Waals surface area (Å²) in [6.07, 6.45) is 1.08. The van der Waals surface area contributed by atoms with E-state index in [9.17, 15) is 26.3 Å². The van der Waals surface area contributed by atoms with Crippen molar-refractivity contribution in [1.82, 2.24) is 15.2 Å². The van der Waals surface area contributed by atoms with Crippen molar-refractivity contribution in [3.63, 3.8) is 0 Å². The minimum atomic E-state index is -5.84. The minimum Gasteiger partial charge on any atom is -0.431 e. The lowest BCUT2D eigenvalue weighted by Crippen LogP contribution is -2.44. The molecule has 1 aromatic heterocycles. The van der Waals surface area contributed by atoms with Crippen molar-refractivity contribution in [2.75, 3.05) is 32.7 Å². The summed E-state index contributed by atoms with van der Waals surface area (Å²) >= 11 is 1.58. The fourth-order valence-corrected chi connectivity index (χ4v) is 3.78. The van der Waals surface area contributed by atoms with Crippen LogP contribution in [0.25, 0.3) is 10.2 Å². The Balaban J connectivity index is 0.000000290. The lowest BCUT2D eigenvalue weighted by molar-refractivity contribution is -0.0514. The Morgan fingerprint density at radius 1 is 0.875 bits per heavy atom. The number of halogens is 6. The van der Waals surface area contributed by atoms with Gasteiger partial charge in [-0.15, -0.1) is 0 Å². The molecular weight excluding hydrogens is 616 g/mol. The Bertz CT molecular complexity index is 1360. The van der Waals surface area contributed by atoms with Crippen molar-refractivity contribution in [2.45, 2.75) is 17.4 Å². The third-order valence-corrected chi connectivity index (χ3v) is 7.00. The van der Waals surface area contributed by atoms with Crippen LogP contribution in [-0.2, 0) is 26.7 Å². The number of hydrogen-bond acceptors (Lipinski definition) is 9. The predicted octanol–water partition coefficient (Wildman–Crippen LogP) is 4.32. The molecule has 1 fully saturated rings. The zero-order valence-electron chi connectivity index (χ0n) is 20.2. The molecule has 1 aliphatic heterocycles. The van der Waals surface area contributed by atoms with Crippen LogP contribution in [0.4, 0.5) is 26.3 Å². The lowest BCUT2D eigenvalue weighted by Gasteiger charge is -2.27. The van der Waals surface area contributed by atoms with Gasteiger partial charge in [-0.25, -0.2) is 4.98 Å². The summed E-state index contributed by atoms with van der Waals surface area (Å²) in [5, 5.41) is 4.09. The van der Waals surface area contributed by atoms with Crippen molar-refractivity contribution >= 4 is 41.8 Å². The van der Waals surface area contributed by atoms with E-state index in [1.54, 1.807) is 11.3 Å². The first-order valence-electron chi connectivity index (χ1n) is 11.0. The van der Waals surface area contributed by atoms with Crippen molar-refractivity contribution in [1.29, 1.82) is 0 Å². The Hall–Kier alpha value is -2.55. The lowest BCUT2D eigenvalue weighted by atomic mass is 10.1. The summed E-state index contributed by atoms with van der Waals surface area (Å²) in [6.45, 7) is 5.64. The molecule has 4 rings (SSSR count). The van der Waals surface area contributed by atoms with Gasteiger partial charge in [0.25, 0.3) is 5.19 Å². The van der Waals surface area contributed by atoms with E-state index in [2.05, 4.69) is 33.4 Å². The Labute approximate surface area is 229 Å². The standard InChI is InChI=1S/C19H21N3OS.2CHF3O3S/c1-2-4-18-17(3-1)21-19(24-18)23-16-7-5-15(6-8-16)9-12-22-13-10-20-11-14-22;2*2-1(3,4)8(5,6)7/h1-8,20H,9-14H2;2*(H,5,6,7). The van der Waals surface area contributed by atoms with Gasteiger partial charge in [-0.3, -0.25) is 9.11 Å². The zero-order chi connectivity index (χ0) is 30.2. The highest BCUT2D eigenvalue weighted by Gasteiger charge is 2.45. The summed E-state index contributed by atoms with van der Waals surface area (Å²) < 4.78 is 122. The highest BCUT2D eigenvalue weighted by Crippen LogP contribution is 2.31. The van der Waals surface area contributed by atoms with Crippen molar-refractivity contribution in [2.24, 2.45) is 0 Å². The Kier molecular flexibility index (Phi) is 11.7. The van der Waals surface area contributed by atoms with Gasteiger partial charge in [0.1, 0.15) is 5.75 Å². The van der Waals surface area contributed by atoms with Crippen LogP contribution in [0.3, 0.4) is 0 Å². The molecule has 2 heterocycles. The molecule has 0 spiro atoms. The molecule has 3 N–H and O–H groups in total. The van der Waals surface area contributed by atoms with Gasteiger partial charge < -0.3 is 15.0 Å². The molecule has 19 heteroatoms. The molecule has 0 aliphatic carbocycles. The van der Waals surface area contributed by atoms with E-state index in [0.717, 1.165) is 55.1 Å². The molecule has 0 unspecified atom stereocenters. The smallest absolute Gasteiger partial charge is 0.431 e. The summed E-state index contributed by atoms with van der Waals surface area (Å²) in [5.74, 6) is 0.847. The molecule has 0 amide bonds. The third kappa shape index (κ3) is 11.1. The summed E-state index contributed by atoms with van der Waals surface area (Å²) in [5.41, 5.74) is -8.73. The topological polar surface area (TPSA) is 146 Å². The van der Waals surface area contributed by atoms with E-state index in [4.69, 9.17) is 30.7 Å². The van der Waals surface area contributed by atoms with E-state index in [-0.39, 0.29) is 0 Å². The van der Waals surface area contributed by atoms with E-state index in [1.165, 1.54) is 5.56 Å². The molecule has 40 heavy (non-hydrogen) atoms. The van der Waals surface area contributed by atoms with Crippen LogP contribution >= 0.6 is 11.3 Å². The molecular formula is C21H23F6N3O7S3. The molecule has 0 bridgehead atoms. The number of alkyl halides is 6. The average molecular weight is 640 g/mol. The van der Waals surface area contributed by atoms with Crippen molar-refractivity contribution in [3.8, 4) is 10.9 Å². The van der Waals surface area contributed by atoms with Gasteiger partial charge >= 0.3 is 31.3 Å². The number of nitrogens with one attached hydrogen (secondary N) is 1. The Morgan fingerprint density at radius 2 is 1.38 bits per heavy atom. The molecule has 10 nitrogen and oxygen atoms in total. The summed E-state index contributed by atoms with van der Waals surface area (Å²) in [4.78, 5) is 7.03. The van der Waals surface area contributed by atoms with E-state index in [0.29, 0.717) is 5.19 Å². The Morgan fingerprint density at radius 3 is 1.85 bits per heavy atom. The summed E-state index contributed by atoms with van der Waals surface area (Å²) in [7, 11) is -11.7. The number of ether oxygens (including phenoxy) is 1. The molecule has 0 radical (unpaired) electrons. The molecule has 0 saturated carbocycles. The largest absolute Gasteiger partial charge is 0.522 e. The van der Waals surface area contributed by atoms with Crippen molar-refractivity contribution < 1.29 is 57.0 Å². The maximum atomic E-state index is 10.7. The zero-order valence-corrected chi connectivity index (χ0v) is 22.6. The van der Waals surface area contributed by atoms with Crippen LogP contribution in [0.15, 0.2) is 48.5 Å². The first-order chi connectivity index (χ1) is 18.4. The van der Waals surface area contributed by atoms with Crippen LogP contribution in [0.1, 0.15) is 5.56 Å². The van der Waals surface area contributed by atoms with Crippen LogP contribution in [0, 0.1) is 0 Å². The fraction of sp³-hybridized carbons (Fsp3) is 0.381. The highest BCUT2D eigenvalue weighted by atomic mass is 32.2. The second-order valence-corrected chi connectivity index (χ2v) is 11.7. The number of piperazine rings is 1. The summed E-state index contributed by atoms with van der Waals surface area (Å²) in [6, 6.07) is 16.5. The number of nitrogens with zero attached hydrogens (tertiary/aromatic N) is 2. The highest BCUT2D eigenvalue weighted by molar-refractivity contribution is 7.86. The number of aromatic nitrogens is 1. The van der Waals surface area contributed by atoms with Gasteiger partial charge in [0.05, 0.1) is 10.2 Å². The fourth-order valence-electron chi connectivity index (χ4n) is 2.94. The first kappa shape index (κ1) is 33.7. The molecule has 224 valence electrons. The first-order valence-corrected chi connectivity index (χ1v) is 14.7. The normalized spacial score (nSPS) is 15.0. The van der Waals surface area contributed by atoms with Crippen molar-refractivity contribution in [3.05, 3.63) is 54.1 Å². The van der Waals surface area contributed by atoms with Gasteiger partial charge in [0, 0.05) is 32.7 Å². The average Bonchev–Trinajstić information content (AvgIpc) is 3.25. The molecule has 2 aromatic carbocycles. The van der Waals surface area contributed by atoms with E-state index >= 15 is 0 Å². The number of para-hydroxylation sites is 1. The molecule has 3 aromatic rings. The quantitative estimate of drug-likeness (QED) is 0.210. The number of benzene rings is 2. The van der Waals surface area contributed by atoms with Crippen LogP contribution in [0.5, 0.6) is 10.9 Å². The van der Waals surface area contributed by atoms with Gasteiger partial charge in [-0.1, -0.05) is 35.6 Å². The second-order valence-electron chi connectivity index (χ2n) is 7.88. The van der Waals surface area contributed by atoms with Gasteiger partial charge in [-0.2, -0.15) is 43.2 Å². The number of rotatable bonds is 5.